The Morgan fingerprint density at radius 1 is 1.22 bits per heavy atom. The third-order valence-corrected chi connectivity index (χ3v) is 7.37. The summed E-state index contributed by atoms with van der Waals surface area (Å²) in [6, 6.07) is 11.9. The Morgan fingerprint density at radius 2 is 1.89 bits per heavy atom. The lowest BCUT2D eigenvalue weighted by Gasteiger charge is -2.28. The first-order chi connectivity index (χ1) is 12.8. The maximum atomic E-state index is 14.4. The van der Waals surface area contributed by atoms with E-state index < -0.39 is 15.8 Å². The number of para-hydroxylation sites is 1. The summed E-state index contributed by atoms with van der Waals surface area (Å²) in [7, 11) is -2.43. The standard InChI is InChI=1S/C20H26BrFN2O2S/c1-4-5-11-17(14-23-16-9-7-6-8-10-16)24(3)27(25,26)20-13-18(21)15(2)12-19(20)22/h6-10,12-13,17,23H,4-5,11,14H2,1-3H3/t17-/m1/s1. The predicted molar refractivity (Wildman–Crippen MR) is 112 cm³/mol. The third-order valence-electron chi connectivity index (χ3n) is 4.59. The van der Waals surface area contributed by atoms with Crippen LogP contribution in [0.3, 0.4) is 0 Å². The van der Waals surface area contributed by atoms with Crippen molar-refractivity contribution in [2.24, 2.45) is 0 Å². The molecule has 0 radical (unpaired) electrons. The van der Waals surface area contributed by atoms with E-state index in [0.29, 0.717) is 23.0 Å². The molecular weight excluding hydrogens is 431 g/mol. The molecule has 0 spiro atoms. The zero-order valence-corrected chi connectivity index (χ0v) is 18.3. The van der Waals surface area contributed by atoms with Gasteiger partial charge >= 0.3 is 0 Å². The molecule has 0 unspecified atom stereocenters. The molecule has 4 nitrogen and oxygen atoms in total. The molecular formula is C20H26BrFN2O2S. The minimum absolute atomic E-state index is 0.283. The van der Waals surface area contributed by atoms with Crippen molar-refractivity contribution in [1.29, 1.82) is 0 Å². The van der Waals surface area contributed by atoms with Crippen molar-refractivity contribution in [3.8, 4) is 0 Å². The minimum Gasteiger partial charge on any atom is -0.383 e. The zero-order chi connectivity index (χ0) is 20.0. The first kappa shape index (κ1) is 21.9. The number of nitrogens with zero attached hydrogens (tertiary/aromatic N) is 1. The van der Waals surface area contributed by atoms with Crippen molar-refractivity contribution in [3.63, 3.8) is 0 Å². The maximum absolute atomic E-state index is 14.4. The Bertz CT molecular complexity index is 860. The second-order valence-corrected chi connectivity index (χ2v) is 9.42. The number of sulfonamides is 1. The average molecular weight is 457 g/mol. The summed E-state index contributed by atoms with van der Waals surface area (Å²) in [6.45, 7) is 4.24. The lowest BCUT2D eigenvalue weighted by Crippen LogP contribution is -2.41. The van der Waals surface area contributed by atoms with E-state index >= 15 is 0 Å². The van der Waals surface area contributed by atoms with Crippen LogP contribution in [0.4, 0.5) is 10.1 Å². The molecule has 0 saturated heterocycles. The summed E-state index contributed by atoms with van der Waals surface area (Å²) in [4.78, 5) is -0.302. The van der Waals surface area contributed by atoms with Crippen molar-refractivity contribution < 1.29 is 12.8 Å². The van der Waals surface area contributed by atoms with Gasteiger partial charge in [0.25, 0.3) is 0 Å². The van der Waals surface area contributed by atoms with Crippen LogP contribution in [0.25, 0.3) is 0 Å². The van der Waals surface area contributed by atoms with Gasteiger partial charge in [-0.3, -0.25) is 0 Å². The molecule has 7 heteroatoms. The van der Waals surface area contributed by atoms with Crippen molar-refractivity contribution in [1.82, 2.24) is 4.31 Å². The second-order valence-electron chi connectivity index (χ2n) is 6.60. The molecule has 2 aromatic rings. The van der Waals surface area contributed by atoms with Gasteiger partial charge in [-0.05, 0) is 43.2 Å². The van der Waals surface area contributed by atoms with Crippen molar-refractivity contribution >= 4 is 31.6 Å². The molecule has 0 aliphatic rings. The number of unbranched alkanes of at least 4 members (excludes halogenated alkanes) is 1. The van der Waals surface area contributed by atoms with Crippen LogP contribution in [0.1, 0.15) is 31.7 Å². The number of likely N-dealkylation sites (N-methyl/N-ethyl adjacent to an activating group) is 1. The van der Waals surface area contributed by atoms with E-state index in [1.54, 1.807) is 6.92 Å². The monoisotopic (exact) mass is 456 g/mol. The fourth-order valence-electron chi connectivity index (χ4n) is 2.82. The molecule has 27 heavy (non-hydrogen) atoms. The van der Waals surface area contributed by atoms with Crippen LogP contribution in [0.5, 0.6) is 0 Å². The van der Waals surface area contributed by atoms with Crippen LogP contribution < -0.4 is 5.32 Å². The van der Waals surface area contributed by atoms with Gasteiger partial charge in [0.2, 0.25) is 10.0 Å². The fraction of sp³-hybridized carbons (Fsp3) is 0.400. The second kappa shape index (κ2) is 9.66. The summed E-state index contributed by atoms with van der Waals surface area (Å²) >= 11 is 3.30. The normalized spacial score (nSPS) is 13.0. The number of benzene rings is 2. The Balaban J connectivity index is 2.27. The number of hydrogen-bond acceptors (Lipinski definition) is 3. The molecule has 0 heterocycles. The molecule has 2 rings (SSSR count). The van der Waals surface area contributed by atoms with E-state index in [1.165, 1.54) is 23.5 Å². The summed E-state index contributed by atoms with van der Waals surface area (Å²) in [6.07, 6.45) is 2.54. The first-order valence-corrected chi connectivity index (χ1v) is 11.2. The number of aryl methyl sites for hydroxylation is 1. The molecule has 0 fully saturated rings. The molecule has 0 aliphatic carbocycles. The SMILES string of the molecule is CCCC[C@H](CNc1ccccc1)N(C)S(=O)(=O)c1cc(Br)c(C)cc1F. The molecule has 0 bridgehead atoms. The lowest BCUT2D eigenvalue weighted by molar-refractivity contribution is 0.352. The molecule has 1 atom stereocenters. The van der Waals surface area contributed by atoms with Gasteiger partial charge in [-0.15, -0.1) is 0 Å². The van der Waals surface area contributed by atoms with Gasteiger partial charge in [-0.2, -0.15) is 4.31 Å². The number of hydrogen-bond donors (Lipinski definition) is 1. The Kier molecular flexibility index (Phi) is 7.82. The van der Waals surface area contributed by atoms with Crippen molar-refractivity contribution in [3.05, 3.63) is 58.3 Å². The lowest BCUT2D eigenvalue weighted by atomic mass is 10.1. The summed E-state index contributed by atoms with van der Waals surface area (Å²) in [5, 5.41) is 3.28. The van der Waals surface area contributed by atoms with Crippen molar-refractivity contribution in [2.45, 2.75) is 44.0 Å². The Hall–Kier alpha value is -1.44. The van der Waals surface area contributed by atoms with Crippen LogP contribution >= 0.6 is 15.9 Å². The molecule has 0 saturated carbocycles. The van der Waals surface area contributed by atoms with Crippen LogP contribution in [0.2, 0.25) is 0 Å². The molecule has 0 aromatic heterocycles. The highest BCUT2D eigenvalue weighted by molar-refractivity contribution is 9.10. The maximum Gasteiger partial charge on any atom is 0.246 e. The molecule has 148 valence electrons. The smallest absolute Gasteiger partial charge is 0.246 e. The highest BCUT2D eigenvalue weighted by Gasteiger charge is 2.30. The van der Waals surface area contributed by atoms with Crippen molar-refractivity contribution in [2.75, 3.05) is 18.9 Å². The van der Waals surface area contributed by atoms with Gasteiger partial charge in [0.1, 0.15) is 10.7 Å². The fourth-order valence-corrected chi connectivity index (χ4v) is 4.77. The quantitative estimate of drug-likeness (QED) is 0.564. The van der Waals surface area contributed by atoms with E-state index in [2.05, 4.69) is 28.2 Å². The number of rotatable bonds is 9. The summed E-state index contributed by atoms with van der Waals surface area (Å²) in [5.74, 6) is -0.729. The predicted octanol–water partition coefficient (Wildman–Crippen LogP) is 5.19. The molecule has 0 aliphatic heterocycles. The van der Waals surface area contributed by atoms with Crippen LogP contribution in [-0.2, 0) is 10.0 Å². The van der Waals surface area contributed by atoms with E-state index in [9.17, 15) is 12.8 Å². The third kappa shape index (κ3) is 5.53. The van der Waals surface area contributed by atoms with Crippen LogP contribution in [0, 0.1) is 12.7 Å². The van der Waals surface area contributed by atoms with Gasteiger partial charge in [0.15, 0.2) is 0 Å². The first-order valence-electron chi connectivity index (χ1n) is 9.00. The Labute approximate surface area is 170 Å². The highest BCUT2D eigenvalue weighted by Crippen LogP contribution is 2.27. The number of anilines is 1. The van der Waals surface area contributed by atoms with Gasteiger partial charge in [-0.25, -0.2) is 12.8 Å². The van der Waals surface area contributed by atoms with E-state index in [4.69, 9.17) is 0 Å². The molecule has 0 amide bonds. The van der Waals surface area contributed by atoms with Gasteiger partial charge in [0, 0.05) is 29.8 Å². The average Bonchev–Trinajstić information content (AvgIpc) is 2.65. The topological polar surface area (TPSA) is 49.4 Å². The van der Waals surface area contributed by atoms with E-state index in [0.717, 1.165) is 18.5 Å². The number of halogens is 2. The molecule has 1 N–H and O–H groups in total. The zero-order valence-electron chi connectivity index (χ0n) is 15.9. The minimum atomic E-state index is -3.95. The van der Waals surface area contributed by atoms with Crippen LogP contribution in [0.15, 0.2) is 51.8 Å². The van der Waals surface area contributed by atoms with Gasteiger partial charge in [-0.1, -0.05) is 53.9 Å². The van der Waals surface area contributed by atoms with E-state index in [1.807, 2.05) is 30.3 Å². The largest absolute Gasteiger partial charge is 0.383 e. The molecule has 2 aromatic carbocycles. The van der Waals surface area contributed by atoms with Crippen LogP contribution in [-0.4, -0.2) is 32.4 Å². The Morgan fingerprint density at radius 3 is 2.52 bits per heavy atom. The van der Waals surface area contributed by atoms with Gasteiger partial charge < -0.3 is 5.32 Å². The van der Waals surface area contributed by atoms with Gasteiger partial charge in [0.05, 0.1) is 0 Å². The number of nitrogens with one attached hydrogen (secondary N) is 1. The highest BCUT2D eigenvalue weighted by atomic mass is 79.9. The van der Waals surface area contributed by atoms with E-state index in [-0.39, 0.29) is 10.9 Å². The summed E-state index contributed by atoms with van der Waals surface area (Å²) in [5.41, 5.74) is 1.58. The summed E-state index contributed by atoms with van der Waals surface area (Å²) < 4.78 is 42.4.